The number of hydrogen-bond donors (Lipinski definition) is 1. The van der Waals surface area contributed by atoms with Gasteiger partial charge < -0.3 is 4.74 Å². The molecule has 3 aromatic carbocycles. The van der Waals surface area contributed by atoms with Crippen LogP contribution >= 0.6 is 0 Å². The van der Waals surface area contributed by atoms with Crippen molar-refractivity contribution in [3.63, 3.8) is 0 Å². The Morgan fingerprint density at radius 3 is 2.34 bits per heavy atom. The van der Waals surface area contributed by atoms with Crippen LogP contribution in [0.3, 0.4) is 0 Å². The Bertz CT molecular complexity index is 1630. The number of nitrogens with one attached hydrogen (secondary N) is 1. The number of anilines is 1. The number of rotatable bonds is 9. The second-order valence-electron chi connectivity index (χ2n) is 8.30. The molecule has 0 unspecified atom stereocenters. The van der Waals surface area contributed by atoms with Gasteiger partial charge in [-0.2, -0.15) is 5.10 Å². The van der Waals surface area contributed by atoms with Crippen molar-refractivity contribution in [2.24, 2.45) is 12.1 Å². The number of carbonyl (C=O) groups is 1. The van der Waals surface area contributed by atoms with Crippen molar-refractivity contribution in [2.75, 3.05) is 18.0 Å². The first kappa shape index (κ1) is 26.4. The summed E-state index contributed by atoms with van der Waals surface area (Å²) >= 11 is 0. The largest absolute Gasteiger partial charge is 0.497 e. The van der Waals surface area contributed by atoms with E-state index < -0.39 is 28.0 Å². The zero-order valence-electron chi connectivity index (χ0n) is 21.1. The number of para-hydroxylation sites is 1. The lowest BCUT2D eigenvalue weighted by atomic mass is 10.2. The van der Waals surface area contributed by atoms with Gasteiger partial charge in [-0.25, -0.2) is 22.8 Å². The third kappa shape index (κ3) is 5.37. The normalized spacial score (nSPS) is 11.4. The van der Waals surface area contributed by atoms with Crippen molar-refractivity contribution in [2.45, 2.75) is 11.8 Å². The Morgan fingerprint density at radius 1 is 1.03 bits per heavy atom. The smallest absolute Gasteiger partial charge is 0.296 e. The lowest BCUT2D eigenvalue weighted by Gasteiger charge is -2.22. The Balaban J connectivity index is 1.72. The minimum Gasteiger partial charge on any atom is -0.497 e. The maximum atomic E-state index is 13.7. The highest BCUT2D eigenvalue weighted by Crippen LogP contribution is 2.25. The van der Waals surface area contributed by atoms with Gasteiger partial charge in [0, 0.05) is 7.05 Å². The molecule has 4 rings (SSSR count). The van der Waals surface area contributed by atoms with Crippen LogP contribution in [-0.2, 0) is 21.9 Å². The third-order valence-corrected chi connectivity index (χ3v) is 7.65. The highest BCUT2D eigenvalue weighted by Gasteiger charge is 2.33. The average Bonchev–Trinajstić information content (AvgIpc) is 3.15. The fourth-order valence-electron chi connectivity index (χ4n) is 3.91. The molecule has 0 saturated carbocycles. The van der Waals surface area contributed by atoms with Crippen LogP contribution in [0.4, 0.5) is 5.69 Å². The van der Waals surface area contributed by atoms with Gasteiger partial charge in [-0.05, 0) is 48.9 Å². The van der Waals surface area contributed by atoms with Gasteiger partial charge in [0.1, 0.15) is 18.0 Å². The predicted molar refractivity (Wildman–Crippen MR) is 145 cm³/mol. The summed E-state index contributed by atoms with van der Waals surface area (Å²) in [7, 11) is -1.10. The molecule has 196 valence electrons. The zero-order valence-corrected chi connectivity index (χ0v) is 21.9. The van der Waals surface area contributed by atoms with Crippen LogP contribution in [0.5, 0.6) is 5.75 Å². The van der Waals surface area contributed by atoms with E-state index in [9.17, 15) is 18.0 Å². The number of nitrogens with zero attached hydrogens (tertiary/aromatic N) is 4. The van der Waals surface area contributed by atoms with E-state index >= 15 is 0 Å². The van der Waals surface area contributed by atoms with Crippen molar-refractivity contribution in [3.8, 4) is 11.4 Å². The molecule has 0 radical (unpaired) electrons. The van der Waals surface area contributed by atoms with Gasteiger partial charge in [0.15, 0.2) is 0 Å². The van der Waals surface area contributed by atoms with E-state index in [1.807, 2.05) is 6.07 Å². The van der Waals surface area contributed by atoms with Gasteiger partial charge >= 0.3 is 0 Å². The number of hydrogen-bond acceptors (Lipinski definition) is 6. The number of amides is 1. The third-order valence-electron chi connectivity index (χ3n) is 5.89. The van der Waals surface area contributed by atoms with Crippen molar-refractivity contribution in [1.82, 2.24) is 14.8 Å². The van der Waals surface area contributed by atoms with Crippen LogP contribution in [0.1, 0.15) is 11.3 Å². The number of aromatic nitrogens is 2. The molecule has 1 heterocycles. The molecule has 1 aromatic heterocycles. The Kier molecular flexibility index (Phi) is 7.77. The number of hydrazone groups is 1. The highest BCUT2D eigenvalue weighted by molar-refractivity contribution is 7.92. The predicted octanol–water partition coefficient (Wildman–Crippen LogP) is 2.84. The van der Waals surface area contributed by atoms with Crippen LogP contribution < -0.4 is 20.0 Å². The molecule has 38 heavy (non-hydrogen) atoms. The Hall–Kier alpha value is -4.64. The van der Waals surface area contributed by atoms with Crippen LogP contribution in [0, 0.1) is 6.92 Å². The van der Waals surface area contributed by atoms with Crippen LogP contribution in [0.15, 0.2) is 99.7 Å². The summed E-state index contributed by atoms with van der Waals surface area (Å²) in [5, 5.41) is 3.94. The van der Waals surface area contributed by atoms with E-state index in [4.69, 9.17) is 4.74 Å². The van der Waals surface area contributed by atoms with Gasteiger partial charge in [0.05, 0.1) is 29.6 Å². The highest BCUT2D eigenvalue weighted by atomic mass is 32.2. The Morgan fingerprint density at radius 2 is 1.68 bits per heavy atom. The summed E-state index contributed by atoms with van der Waals surface area (Å²) < 4.78 is 36.4. The van der Waals surface area contributed by atoms with E-state index in [0.29, 0.717) is 22.7 Å². The molecule has 10 nitrogen and oxygen atoms in total. The minimum atomic E-state index is -4.29. The molecule has 1 amide bonds. The molecule has 0 aliphatic heterocycles. The number of sulfonamides is 1. The van der Waals surface area contributed by atoms with Crippen molar-refractivity contribution in [1.29, 1.82) is 0 Å². The van der Waals surface area contributed by atoms with Gasteiger partial charge in [0.2, 0.25) is 0 Å². The topological polar surface area (TPSA) is 115 Å². The van der Waals surface area contributed by atoms with Gasteiger partial charge in [-0.1, -0.05) is 48.5 Å². The van der Waals surface area contributed by atoms with Crippen molar-refractivity contribution in [3.05, 3.63) is 107 Å². The molecule has 0 bridgehead atoms. The van der Waals surface area contributed by atoms with E-state index in [1.165, 1.54) is 30.1 Å². The fourth-order valence-corrected chi connectivity index (χ4v) is 5.41. The lowest BCUT2D eigenvalue weighted by Crippen LogP contribution is -2.42. The van der Waals surface area contributed by atoms with Crippen molar-refractivity contribution >= 4 is 27.8 Å². The van der Waals surface area contributed by atoms with E-state index in [0.717, 1.165) is 4.31 Å². The standard InChI is InChI=1S/C27H27N5O5S/c1-20-26(27(34)32(30(20)2)22-12-6-4-7-13-22)31(38(35,36)24-15-8-5-9-16-24)19-25(33)29-28-18-21-11-10-14-23(17-21)37-3/h4-18H,19H2,1-3H3,(H,29,33)/b28-18-. The zero-order chi connectivity index (χ0) is 27.3. The summed E-state index contributed by atoms with van der Waals surface area (Å²) in [6, 6.07) is 23.5. The number of benzene rings is 3. The maximum Gasteiger partial charge on any atom is 0.296 e. The van der Waals surface area contributed by atoms with E-state index in [-0.39, 0.29) is 10.6 Å². The first-order valence-corrected chi connectivity index (χ1v) is 13.1. The monoisotopic (exact) mass is 533 g/mol. The van der Waals surface area contributed by atoms with E-state index in [1.54, 1.807) is 85.4 Å². The summed E-state index contributed by atoms with van der Waals surface area (Å²) in [5.41, 5.74) is 3.23. The molecule has 0 spiro atoms. The van der Waals surface area contributed by atoms with Gasteiger partial charge in [-0.3, -0.25) is 14.3 Å². The molecule has 0 aliphatic carbocycles. The molecule has 0 atom stereocenters. The average molecular weight is 534 g/mol. The van der Waals surface area contributed by atoms with Crippen LogP contribution in [0.2, 0.25) is 0 Å². The lowest BCUT2D eigenvalue weighted by molar-refractivity contribution is -0.119. The molecule has 4 aromatic rings. The number of methoxy groups -OCH3 is 1. The second kappa shape index (κ2) is 11.2. The first-order chi connectivity index (χ1) is 18.2. The molecular formula is C27H27N5O5S. The first-order valence-electron chi connectivity index (χ1n) is 11.6. The molecular weight excluding hydrogens is 506 g/mol. The molecule has 0 fully saturated rings. The maximum absolute atomic E-state index is 13.7. The number of ether oxygens (including phenoxy) is 1. The SMILES string of the molecule is COc1cccc(/C=N\NC(=O)CN(c2c(C)n(C)n(-c3ccccc3)c2=O)S(=O)(=O)c2ccccc2)c1. The fraction of sp³-hybridized carbons (Fsp3) is 0.148. The minimum absolute atomic E-state index is 0.0541. The van der Waals surface area contributed by atoms with Crippen LogP contribution in [0.25, 0.3) is 5.69 Å². The number of carbonyl (C=O) groups excluding carboxylic acids is 1. The summed E-state index contributed by atoms with van der Waals surface area (Å²) in [6.07, 6.45) is 1.41. The quantitative estimate of drug-likeness (QED) is 0.262. The summed E-state index contributed by atoms with van der Waals surface area (Å²) in [5.74, 6) is -0.104. The second-order valence-corrected chi connectivity index (χ2v) is 10.2. The summed E-state index contributed by atoms with van der Waals surface area (Å²) in [4.78, 5) is 26.5. The Labute approximate surface area is 220 Å². The molecule has 1 N–H and O–H groups in total. The molecule has 11 heteroatoms. The van der Waals surface area contributed by atoms with Crippen molar-refractivity contribution < 1.29 is 17.9 Å². The van der Waals surface area contributed by atoms with Crippen LogP contribution in [-0.4, -0.2) is 43.6 Å². The molecule has 0 aliphatic rings. The summed E-state index contributed by atoms with van der Waals surface area (Å²) in [6.45, 7) is 0.962. The van der Waals surface area contributed by atoms with Gasteiger partial charge in [0.25, 0.3) is 21.5 Å². The molecule has 0 saturated heterocycles. The van der Waals surface area contributed by atoms with Gasteiger partial charge in [-0.15, -0.1) is 0 Å². The van der Waals surface area contributed by atoms with E-state index in [2.05, 4.69) is 10.5 Å².